The number of benzene rings is 1. The first-order valence-corrected chi connectivity index (χ1v) is 5.95. The molecule has 96 valence electrons. The van der Waals surface area contributed by atoms with Crippen molar-refractivity contribution < 1.29 is 0 Å². The molecule has 2 heterocycles. The lowest BCUT2D eigenvalue weighted by atomic mass is 10.1. The van der Waals surface area contributed by atoms with Crippen LogP contribution in [0, 0.1) is 0 Å². The molecule has 6 nitrogen and oxygen atoms in total. The molecule has 1 aromatic carbocycles. The van der Waals surface area contributed by atoms with Gasteiger partial charge in [0, 0.05) is 18.4 Å². The van der Waals surface area contributed by atoms with Crippen LogP contribution in [0.1, 0.15) is 11.6 Å². The molecule has 0 saturated heterocycles. The monoisotopic (exact) mass is 255 g/mol. The van der Waals surface area contributed by atoms with Gasteiger partial charge in [-0.05, 0) is 5.56 Å². The highest BCUT2D eigenvalue weighted by molar-refractivity contribution is 5.31. The summed E-state index contributed by atoms with van der Waals surface area (Å²) in [7, 11) is 0. The van der Waals surface area contributed by atoms with E-state index in [1.165, 1.54) is 9.08 Å². The van der Waals surface area contributed by atoms with Crippen LogP contribution in [0.5, 0.6) is 0 Å². The van der Waals surface area contributed by atoms with Crippen LogP contribution in [0.25, 0.3) is 5.65 Å². The molecule has 6 heteroatoms. The Bertz CT molecular complexity index is 746. The average Bonchev–Trinajstić information content (AvgIpc) is 2.77. The lowest BCUT2D eigenvalue weighted by Gasteiger charge is -2.10. The summed E-state index contributed by atoms with van der Waals surface area (Å²) in [4.78, 5) is 16.0. The maximum Gasteiger partial charge on any atom is 0.350 e. The minimum Gasteiger partial charge on any atom is -0.322 e. The zero-order valence-electron chi connectivity index (χ0n) is 10.2. The van der Waals surface area contributed by atoms with Gasteiger partial charge in [-0.2, -0.15) is 0 Å². The Labute approximate surface area is 109 Å². The van der Waals surface area contributed by atoms with Gasteiger partial charge in [-0.15, -0.1) is 5.10 Å². The van der Waals surface area contributed by atoms with Crippen molar-refractivity contribution in [2.24, 2.45) is 5.73 Å². The molecule has 2 N–H and O–H groups in total. The molecule has 19 heavy (non-hydrogen) atoms. The molecule has 0 bridgehead atoms. The Morgan fingerprint density at radius 2 is 2.05 bits per heavy atom. The molecule has 0 aliphatic rings. The second-order valence-corrected chi connectivity index (χ2v) is 4.29. The fraction of sp³-hybridized carbons (Fsp3) is 0.154. The molecule has 0 saturated carbocycles. The van der Waals surface area contributed by atoms with E-state index in [-0.39, 0.29) is 11.7 Å². The van der Waals surface area contributed by atoms with Gasteiger partial charge in [0.05, 0.1) is 12.7 Å². The van der Waals surface area contributed by atoms with Crippen molar-refractivity contribution >= 4 is 5.65 Å². The van der Waals surface area contributed by atoms with Gasteiger partial charge in [0.1, 0.15) is 0 Å². The van der Waals surface area contributed by atoms with E-state index in [4.69, 9.17) is 5.73 Å². The summed E-state index contributed by atoms with van der Waals surface area (Å²) < 4.78 is 2.82. The lowest BCUT2D eigenvalue weighted by molar-refractivity contribution is 0.513. The Balaban J connectivity index is 1.94. The maximum absolute atomic E-state index is 12.1. The number of rotatable bonds is 3. The third-order valence-corrected chi connectivity index (χ3v) is 2.99. The second kappa shape index (κ2) is 4.66. The highest BCUT2D eigenvalue weighted by Crippen LogP contribution is 2.10. The maximum atomic E-state index is 12.1. The van der Waals surface area contributed by atoms with Gasteiger partial charge in [-0.3, -0.25) is 4.98 Å². The van der Waals surface area contributed by atoms with Crippen molar-refractivity contribution in [3.63, 3.8) is 0 Å². The van der Waals surface area contributed by atoms with E-state index in [1.807, 2.05) is 30.3 Å². The SMILES string of the molecule is NC(Cn1nc2cnccn2c1=O)c1ccccc1. The molecule has 0 amide bonds. The summed E-state index contributed by atoms with van der Waals surface area (Å²) in [6, 6.07) is 9.38. The predicted octanol–water partition coefficient (Wildman–Crippen LogP) is 0.591. The molecule has 3 rings (SSSR count). The first-order chi connectivity index (χ1) is 9.25. The van der Waals surface area contributed by atoms with Crippen LogP contribution < -0.4 is 11.4 Å². The molecular formula is C13H13N5O. The summed E-state index contributed by atoms with van der Waals surface area (Å²) in [5, 5.41) is 4.20. The quantitative estimate of drug-likeness (QED) is 0.743. The zero-order chi connectivity index (χ0) is 13.2. The molecule has 1 unspecified atom stereocenters. The van der Waals surface area contributed by atoms with E-state index in [0.29, 0.717) is 12.2 Å². The third kappa shape index (κ3) is 2.13. The largest absolute Gasteiger partial charge is 0.350 e. The van der Waals surface area contributed by atoms with E-state index < -0.39 is 0 Å². The van der Waals surface area contributed by atoms with Crippen LogP contribution in [0.2, 0.25) is 0 Å². The van der Waals surface area contributed by atoms with E-state index >= 15 is 0 Å². The highest BCUT2D eigenvalue weighted by atomic mass is 16.2. The van der Waals surface area contributed by atoms with E-state index in [1.54, 1.807) is 18.6 Å². The molecule has 2 aromatic heterocycles. The van der Waals surface area contributed by atoms with E-state index in [9.17, 15) is 4.79 Å². The zero-order valence-corrected chi connectivity index (χ0v) is 10.2. The number of aromatic nitrogens is 4. The summed E-state index contributed by atoms with van der Waals surface area (Å²) >= 11 is 0. The summed E-state index contributed by atoms with van der Waals surface area (Å²) in [5.41, 5.74) is 7.39. The smallest absolute Gasteiger partial charge is 0.322 e. The normalized spacial score (nSPS) is 12.7. The van der Waals surface area contributed by atoms with Gasteiger partial charge in [-0.25, -0.2) is 13.9 Å². The third-order valence-electron chi connectivity index (χ3n) is 2.99. The van der Waals surface area contributed by atoms with Crippen LogP contribution >= 0.6 is 0 Å². The van der Waals surface area contributed by atoms with Crippen LogP contribution in [0.3, 0.4) is 0 Å². The Hall–Kier alpha value is -2.47. The van der Waals surface area contributed by atoms with Crippen LogP contribution in [-0.2, 0) is 6.54 Å². The number of hydrogen-bond acceptors (Lipinski definition) is 4. The van der Waals surface area contributed by atoms with Gasteiger partial charge < -0.3 is 5.73 Å². The summed E-state index contributed by atoms with van der Waals surface area (Å²) in [6.07, 6.45) is 4.69. The first kappa shape index (κ1) is 11.6. The van der Waals surface area contributed by atoms with Crippen molar-refractivity contribution in [3.8, 4) is 0 Å². The van der Waals surface area contributed by atoms with Crippen LogP contribution in [-0.4, -0.2) is 19.2 Å². The minimum absolute atomic E-state index is 0.205. The van der Waals surface area contributed by atoms with Crippen molar-refractivity contribution in [1.29, 1.82) is 0 Å². The number of hydrogen-bond donors (Lipinski definition) is 1. The molecular weight excluding hydrogens is 242 g/mol. The standard InChI is InChI=1S/C13H13N5O/c14-11(10-4-2-1-3-5-10)9-18-13(19)17-7-6-15-8-12(17)16-18/h1-8,11H,9,14H2. The average molecular weight is 255 g/mol. The Kier molecular flexibility index (Phi) is 2.85. The molecule has 1 atom stereocenters. The van der Waals surface area contributed by atoms with Crippen LogP contribution in [0.4, 0.5) is 0 Å². The minimum atomic E-state index is -0.267. The lowest BCUT2D eigenvalue weighted by Crippen LogP contribution is -2.27. The van der Waals surface area contributed by atoms with Gasteiger partial charge in [-0.1, -0.05) is 30.3 Å². The topological polar surface area (TPSA) is 78.2 Å². The Morgan fingerprint density at radius 3 is 2.79 bits per heavy atom. The van der Waals surface area contributed by atoms with Crippen molar-refractivity contribution in [1.82, 2.24) is 19.2 Å². The number of fused-ring (bicyclic) bond motifs is 1. The van der Waals surface area contributed by atoms with Crippen molar-refractivity contribution in [2.75, 3.05) is 0 Å². The molecule has 0 aliphatic heterocycles. The summed E-state index contributed by atoms with van der Waals surface area (Å²) in [5.74, 6) is 0. The molecule has 3 aromatic rings. The number of nitrogens with zero attached hydrogens (tertiary/aromatic N) is 4. The van der Waals surface area contributed by atoms with Crippen LogP contribution in [0.15, 0.2) is 53.7 Å². The molecule has 0 aliphatic carbocycles. The van der Waals surface area contributed by atoms with Gasteiger partial charge in [0.2, 0.25) is 0 Å². The van der Waals surface area contributed by atoms with Crippen molar-refractivity contribution in [2.45, 2.75) is 12.6 Å². The van der Waals surface area contributed by atoms with E-state index in [0.717, 1.165) is 5.56 Å². The van der Waals surface area contributed by atoms with Crippen molar-refractivity contribution in [3.05, 3.63) is 65.0 Å². The summed E-state index contributed by atoms with van der Waals surface area (Å²) in [6.45, 7) is 0.338. The fourth-order valence-corrected chi connectivity index (χ4v) is 1.99. The molecule has 0 spiro atoms. The van der Waals surface area contributed by atoms with Gasteiger partial charge >= 0.3 is 5.69 Å². The fourth-order valence-electron chi connectivity index (χ4n) is 1.99. The van der Waals surface area contributed by atoms with Gasteiger partial charge in [0.25, 0.3) is 0 Å². The molecule has 0 fully saturated rings. The first-order valence-electron chi connectivity index (χ1n) is 5.95. The van der Waals surface area contributed by atoms with Gasteiger partial charge in [0.15, 0.2) is 5.65 Å². The highest BCUT2D eigenvalue weighted by Gasteiger charge is 2.11. The molecule has 0 radical (unpaired) electrons. The van der Waals surface area contributed by atoms with E-state index in [2.05, 4.69) is 10.1 Å². The second-order valence-electron chi connectivity index (χ2n) is 4.29. The predicted molar refractivity (Wildman–Crippen MR) is 70.6 cm³/mol. The Morgan fingerprint density at radius 1 is 1.26 bits per heavy atom. The number of nitrogens with two attached hydrogens (primary N) is 1.